The van der Waals surface area contributed by atoms with E-state index in [0.29, 0.717) is 5.71 Å². The molecular formula is C25H25N3O. The van der Waals surface area contributed by atoms with Crippen molar-refractivity contribution in [1.29, 1.82) is 0 Å². The third-order valence-corrected chi connectivity index (χ3v) is 6.45. The molecule has 2 unspecified atom stereocenters. The Bertz CT molecular complexity index is 1350. The number of aryl methyl sites for hydroxylation is 2. The Morgan fingerprint density at radius 3 is 2.79 bits per heavy atom. The average Bonchev–Trinajstić information content (AvgIpc) is 3.03. The molecule has 3 aliphatic rings. The average molecular weight is 386 g/mol. The van der Waals surface area contributed by atoms with Gasteiger partial charge in [0.15, 0.2) is 5.58 Å². The molecule has 0 radical (unpaired) electrons. The van der Waals surface area contributed by atoms with Gasteiger partial charge in [-0.15, -0.1) is 0 Å². The van der Waals surface area contributed by atoms with Crippen molar-refractivity contribution in [2.75, 3.05) is 16.3 Å². The fourth-order valence-corrected chi connectivity index (χ4v) is 5.05. The summed E-state index contributed by atoms with van der Waals surface area (Å²) in [6.45, 7) is 7.07. The molecule has 3 aliphatic heterocycles. The van der Waals surface area contributed by atoms with Gasteiger partial charge >= 0.3 is 0 Å². The number of para-hydroxylation sites is 1. The van der Waals surface area contributed by atoms with E-state index in [4.69, 9.17) is 4.42 Å². The quantitative estimate of drug-likeness (QED) is 0.428. The Morgan fingerprint density at radius 1 is 1.07 bits per heavy atom. The van der Waals surface area contributed by atoms with Crippen LogP contribution in [0, 0.1) is 13.8 Å². The van der Waals surface area contributed by atoms with Crippen LogP contribution in [0.25, 0.3) is 22.1 Å². The van der Waals surface area contributed by atoms with Crippen molar-refractivity contribution >= 4 is 33.4 Å². The highest BCUT2D eigenvalue weighted by Crippen LogP contribution is 2.44. The van der Waals surface area contributed by atoms with Crippen LogP contribution in [0.3, 0.4) is 0 Å². The number of anilines is 2. The van der Waals surface area contributed by atoms with Crippen molar-refractivity contribution in [2.24, 2.45) is 0 Å². The number of nitrogens with zero attached hydrogens (tertiary/aromatic N) is 3. The standard InChI is InChI=1S/C25H25N3O/c1-15-8-10-20-21-11-9-16(2)26-25(21)29-24(20)23(15)28-17(3)27-13-12-19(28)14-18-6-4-5-7-22(18)27/h4-11,17,19H,12-14H2,1-3H3/i14D2. The van der Waals surface area contributed by atoms with Gasteiger partial charge in [-0.1, -0.05) is 30.3 Å². The highest BCUT2D eigenvalue weighted by molar-refractivity contribution is 6.08. The first-order valence-corrected chi connectivity index (χ1v) is 10.3. The Hall–Kier alpha value is -3.01. The number of hydrogen-bond donors (Lipinski definition) is 0. The van der Waals surface area contributed by atoms with E-state index in [2.05, 4.69) is 52.9 Å². The number of benzene rings is 2. The van der Waals surface area contributed by atoms with E-state index in [-0.39, 0.29) is 12.2 Å². The van der Waals surface area contributed by atoms with Crippen LogP contribution in [-0.2, 0) is 6.37 Å². The van der Waals surface area contributed by atoms with E-state index in [9.17, 15) is 2.74 Å². The Balaban J connectivity index is 1.63. The smallest absolute Gasteiger partial charge is 0.227 e. The van der Waals surface area contributed by atoms with Crippen LogP contribution in [0.15, 0.2) is 52.9 Å². The first kappa shape index (κ1) is 14.9. The SMILES string of the molecule is [2H]C1([2H])c2ccccc2N2CCC1N(c1c(C)ccc3c1oc1nc(C)ccc13)C2C. The lowest BCUT2D eigenvalue weighted by Gasteiger charge is -2.47. The van der Waals surface area contributed by atoms with Crippen LogP contribution in [0.1, 0.15) is 32.9 Å². The van der Waals surface area contributed by atoms with Crippen molar-refractivity contribution in [3.8, 4) is 0 Å². The molecule has 4 heteroatoms. The number of fused-ring (bicyclic) bond motifs is 5. The summed E-state index contributed by atoms with van der Waals surface area (Å²) in [6, 6.07) is 16.0. The van der Waals surface area contributed by atoms with Crippen LogP contribution >= 0.6 is 0 Å². The van der Waals surface area contributed by atoms with Gasteiger partial charge in [-0.3, -0.25) is 0 Å². The van der Waals surface area contributed by atoms with E-state index < -0.39 is 6.37 Å². The molecule has 2 atom stereocenters. The summed E-state index contributed by atoms with van der Waals surface area (Å²) in [4.78, 5) is 9.20. The fraction of sp³-hybridized carbons (Fsp3) is 0.320. The lowest BCUT2D eigenvalue weighted by atomic mass is 9.99. The molecule has 5 heterocycles. The summed E-state index contributed by atoms with van der Waals surface area (Å²) in [5.74, 6) is 0. The molecule has 29 heavy (non-hydrogen) atoms. The highest BCUT2D eigenvalue weighted by Gasteiger charge is 2.39. The largest absolute Gasteiger partial charge is 0.436 e. The van der Waals surface area contributed by atoms with E-state index in [1.807, 2.05) is 31.2 Å². The predicted molar refractivity (Wildman–Crippen MR) is 119 cm³/mol. The minimum Gasteiger partial charge on any atom is -0.436 e. The highest BCUT2D eigenvalue weighted by atomic mass is 16.3. The summed E-state index contributed by atoms with van der Waals surface area (Å²) in [5.41, 5.74) is 6.20. The summed E-state index contributed by atoms with van der Waals surface area (Å²) in [7, 11) is 0. The maximum absolute atomic E-state index is 9.17. The maximum Gasteiger partial charge on any atom is 0.227 e. The third-order valence-electron chi connectivity index (χ3n) is 6.45. The second kappa shape index (κ2) is 5.99. The molecule has 4 aromatic rings. The molecule has 2 aromatic heterocycles. The molecule has 2 aromatic carbocycles. The molecule has 146 valence electrons. The van der Waals surface area contributed by atoms with Crippen molar-refractivity contribution in [3.05, 3.63) is 65.4 Å². The third kappa shape index (κ3) is 2.35. The number of rotatable bonds is 1. The van der Waals surface area contributed by atoms with Gasteiger partial charge < -0.3 is 14.2 Å². The van der Waals surface area contributed by atoms with Crippen LogP contribution < -0.4 is 9.80 Å². The van der Waals surface area contributed by atoms with E-state index in [1.165, 1.54) is 0 Å². The molecule has 0 saturated carbocycles. The molecule has 4 nitrogen and oxygen atoms in total. The van der Waals surface area contributed by atoms with Crippen LogP contribution in [-0.4, -0.2) is 23.7 Å². The topological polar surface area (TPSA) is 32.5 Å². The predicted octanol–water partition coefficient (Wildman–Crippen LogP) is 5.59. The first-order valence-electron chi connectivity index (χ1n) is 11.3. The van der Waals surface area contributed by atoms with Crippen molar-refractivity contribution in [1.82, 2.24) is 4.98 Å². The first-order chi connectivity index (χ1) is 14.9. The summed E-state index contributed by atoms with van der Waals surface area (Å²) >= 11 is 0. The minimum atomic E-state index is -1.48. The minimum absolute atomic E-state index is 0.00434. The van der Waals surface area contributed by atoms with Crippen LogP contribution in [0.5, 0.6) is 0 Å². The summed E-state index contributed by atoms with van der Waals surface area (Å²) in [5, 5.41) is 2.03. The second-order valence-corrected chi connectivity index (χ2v) is 8.21. The lowest BCUT2D eigenvalue weighted by Crippen LogP contribution is -2.56. The van der Waals surface area contributed by atoms with Crippen molar-refractivity contribution < 1.29 is 7.16 Å². The van der Waals surface area contributed by atoms with Crippen molar-refractivity contribution in [3.63, 3.8) is 0 Å². The molecular weight excluding hydrogens is 358 g/mol. The number of hydrogen-bond acceptors (Lipinski definition) is 4. The van der Waals surface area contributed by atoms with Gasteiger partial charge in [0.1, 0.15) is 0 Å². The maximum atomic E-state index is 9.17. The van der Waals surface area contributed by atoms with Crippen LogP contribution in [0.2, 0.25) is 0 Å². The molecule has 1 fully saturated rings. The fourth-order valence-electron chi connectivity index (χ4n) is 5.05. The molecule has 7 rings (SSSR count). The van der Waals surface area contributed by atoms with E-state index in [0.717, 1.165) is 57.5 Å². The molecule has 0 spiro atoms. The van der Waals surface area contributed by atoms with E-state index >= 15 is 0 Å². The van der Waals surface area contributed by atoms with Gasteiger partial charge in [0.05, 0.1) is 11.9 Å². The van der Waals surface area contributed by atoms with Crippen molar-refractivity contribution in [2.45, 2.75) is 45.8 Å². The zero-order chi connectivity index (χ0) is 21.5. The summed E-state index contributed by atoms with van der Waals surface area (Å²) < 4.78 is 24.7. The second-order valence-electron chi connectivity index (χ2n) is 8.21. The van der Waals surface area contributed by atoms with Gasteiger partial charge in [-0.25, -0.2) is 4.98 Å². The molecule has 0 aliphatic carbocycles. The van der Waals surface area contributed by atoms with Gasteiger partial charge in [-0.2, -0.15) is 0 Å². The number of pyridine rings is 1. The van der Waals surface area contributed by atoms with Gasteiger partial charge in [0.25, 0.3) is 0 Å². The Morgan fingerprint density at radius 2 is 1.90 bits per heavy atom. The monoisotopic (exact) mass is 385 g/mol. The number of aromatic nitrogens is 1. The van der Waals surface area contributed by atoms with Gasteiger partial charge in [0.2, 0.25) is 5.71 Å². The molecule has 2 bridgehead atoms. The van der Waals surface area contributed by atoms with Crippen LogP contribution in [0.4, 0.5) is 11.4 Å². The lowest BCUT2D eigenvalue weighted by molar-refractivity contribution is 0.434. The number of furan rings is 1. The van der Waals surface area contributed by atoms with E-state index in [1.54, 1.807) is 0 Å². The Kier molecular flexibility index (Phi) is 3.08. The normalized spacial score (nSPS) is 23.8. The molecule has 0 N–H and O–H groups in total. The zero-order valence-corrected chi connectivity index (χ0v) is 16.9. The molecule has 0 amide bonds. The van der Waals surface area contributed by atoms with Gasteiger partial charge in [0, 0.05) is 37.5 Å². The van der Waals surface area contributed by atoms with Gasteiger partial charge in [-0.05, 0) is 62.9 Å². The molecule has 1 saturated heterocycles. The zero-order valence-electron chi connectivity index (χ0n) is 18.9. The summed E-state index contributed by atoms with van der Waals surface area (Å²) in [6.07, 6.45) is -0.727. The Labute approximate surface area is 173 Å².